The Hall–Kier alpha value is -2.61. The van der Waals surface area contributed by atoms with Gasteiger partial charge in [-0.05, 0) is 30.3 Å². The smallest absolute Gasteiger partial charge is 0.387 e. The summed E-state index contributed by atoms with van der Waals surface area (Å²) in [4.78, 5) is 3.93. The number of anilines is 1. The highest BCUT2D eigenvalue weighted by Gasteiger charge is 2.13. The van der Waals surface area contributed by atoms with E-state index in [-0.39, 0.29) is 23.8 Å². The number of methoxy groups -OCH3 is 1. The van der Waals surface area contributed by atoms with Crippen molar-refractivity contribution in [3.63, 3.8) is 0 Å². The number of guanidine groups is 1. The third kappa shape index (κ3) is 5.18. The molecule has 9 heteroatoms. The van der Waals surface area contributed by atoms with Crippen LogP contribution >= 0.6 is 11.6 Å². The molecule has 0 fully saturated rings. The summed E-state index contributed by atoms with van der Waals surface area (Å²) in [6, 6.07) is 8.46. The molecule has 0 bridgehead atoms. The van der Waals surface area contributed by atoms with Gasteiger partial charge in [-0.1, -0.05) is 17.7 Å². The van der Waals surface area contributed by atoms with E-state index in [1.54, 1.807) is 18.2 Å². The molecule has 0 unspecified atom stereocenters. The summed E-state index contributed by atoms with van der Waals surface area (Å²) in [5.74, 6) is -0.573. The van der Waals surface area contributed by atoms with Gasteiger partial charge in [-0.2, -0.15) is 8.78 Å². The van der Waals surface area contributed by atoms with Crippen molar-refractivity contribution in [1.82, 2.24) is 0 Å². The number of nitrogens with one attached hydrogen (secondary N) is 1. The molecule has 0 amide bonds. The first-order valence-electron chi connectivity index (χ1n) is 7.03. The maximum Gasteiger partial charge on any atom is 0.387 e. The fraction of sp³-hybridized carbons (Fsp3) is 0.188. The number of hydrogen-bond donors (Lipinski definition) is 2. The van der Waals surface area contributed by atoms with Crippen LogP contribution in [0.25, 0.3) is 0 Å². The molecule has 0 aliphatic rings. The second kappa shape index (κ2) is 8.48. The fourth-order valence-electron chi connectivity index (χ4n) is 1.99. The Bertz CT molecular complexity index is 772. The molecular formula is C16H15ClF3N3O2. The summed E-state index contributed by atoms with van der Waals surface area (Å²) in [7, 11) is 1.48. The van der Waals surface area contributed by atoms with Crippen molar-refractivity contribution in [2.45, 2.75) is 13.2 Å². The fourth-order valence-corrected chi connectivity index (χ4v) is 2.25. The first kappa shape index (κ1) is 18.7. The average Bonchev–Trinajstić information content (AvgIpc) is 2.54. The Morgan fingerprint density at radius 3 is 2.68 bits per heavy atom. The monoisotopic (exact) mass is 373 g/mol. The second-order valence-corrected chi connectivity index (χ2v) is 5.18. The topological polar surface area (TPSA) is 68.9 Å². The number of aliphatic imine (C=N–C) groups is 1. The Morgan fingerprint density at radius 2 is 2.04 bits per heavy atom. The zero-order valence-corrected chi connectivity index (χ0v) is 13.9. The lowest BCUT2D eigenvalue weighted by Crippen LogP contribution is -2.22. The van der Waals surface area contributed by atoms with Crippen LogP contribution in [0.1, 0.15) is 5.56 Å². The van der Waals surface area contributed by atoms with Gasteiger partial charge in [0.25, 0.3) is 0 Å². The van der Waals surface area contributed by atoms with Gasteiger partial charge in [-0.3, -0.25) is 0 Å². The van der Waals surface area contributed by atoms with Gasteiger partial charge in [0.1, 0.15) is 17.3 Å². The molecule has 0 radical (unpaired) electrons. The van der Waals surface area contributed by atoms with Crippen LogP contribution in [0.15, 0.2) is 41.4 Å². The lowest BCUT2D eigenvalue weighted by Gasteiger charge is -2.11. The minimum Gasteiger partial charge on any atom is -0.495 e. The molecule has 5 nitrogen and oxygen atoms in total. The third-order valence-corrected chi connectivity index (χ3v) is 3.42. The molecule has 0 heterocycles. The molecule has 2 aromatic carbocycles. The Labute approximate surface area is 147 Å². The van der Waals surface area contributed by atoms with E-state index in [1.165, 1.54) is 19.2 Å². The summed E-state index contributed by atoms with van der Waals surface area (Å²) in [5.41, 5.74) is 6.14. The molecular weight excluding hydrogens is 359 g/mol. The normalized spacial score (nSPS) is 11.5. The number of nitrogens with two attached hydrogens (primary N) is 1. The summed E-state index contributed by atoms with van der Waals surface area (Å²) in [6.45, 7) is -3.35. The van der Waals surface area contributed by atoms with Gasteiger partial charge >= 0.3 is 6.61 Å². The van der Waals surface area contributed by atoms with Crippen LogP contribution in [0.4, 0.5) is 18.9 Å². The lowest BCUT2D eigenvalue weighted by molar-refractivity contribution is -0.0506. The zero-order chi connectivity index (χ0) is 18.4. The van der Waals surface area contributed by atoms with Gasteiger partial charge < -0.3 is 20.5 Å². The van der Waals surface area contributed by atoms with Crippen LogP contribution in [-0.4, -0.2) is 19.7 Å². The van der Waals surface area contributed by atoms with Gasteiger partial charge in [0.15, 0.2) is 5.96 Å². The van der Waals surface area contributed by atoms with Gasteiger partial charge in [0, 0.05) is 5.69 Å². The van der Waals surface area contributed by atoms with Crippen molar-refractivity contribution in [2.75, 3.05) is 12.4 Å². The number of halogens is 4. The van der Waals surface area contributed by atoms with Crippen molar-refractivity contribution in [3.05, 3.63) is 52.8 Å². The Morgan fingerprint density at radius 1 is 1.28 bits per heavy atom. The van der Waals surface area contributed by atoms with E-state index < -0.39 is 12.4 Å². The van der Waals surface area contributed by atoms with Crippen LogP contribution < -0.4 is 20.5 Å². The molecule has 0 spiro atoms. The first-order chi connectivity index (χ1) is 11.9. The van der Waals surface area contributed by atoms with E-state index >= 15 is 0 Å². The number of nitrogens with zero attached hydrogens (tertiary/aromatic N) is 1. The second-order valence-electron chi connectivity index (χ2n) is 4.77. The molecule has 2 rings (SSSR count). The predicted octanol–water partition coefficient (Wildman–Crippen LogP) is 4.02. The van der Waals surface area contributed by atoms with Gasteiger partial charge in [-0.25, -0.2) is 9.38 Å². The van der Waals surface area contributed by atoms with E-state index in [9.17, 15) is 13.2 Å². The number of ether oxygens (including phenoxy) is 2. The van der Waals surface area contributed by atoms with E-state index in [2.05, 4.69) is 15.0 Å². The maximum absolute atomic E-state index is 13.8. The van der Waals surface area contributed by atoms with Crippen LogP contribution in [0, 0.1) is 5.82 Å². The minimum absolute atomic E-state index is 0.0486. The molecule has 134 valence electrons. The molecule has 3 N–H and O–H groups in total. The zero-order valence-electron chi connectivity index (χ0n) is 13.1. The molecule has 0 aliphatic heterocycles. The predicted molar refractivity (Wildman–Crippen MR) is 90.0 cm³/mol. The highest BCUT2D eigenvalue weighted by molar-refractivity contribution is 6.32. The summed E-state index contributed by atoms with van der Waals surface area (Å²) < 4.78 is 47.9. The van der Waals surface area contributed by atoms with E-state index in [4.69, 9.17) is 22.1 Å². The Balaban J connectivity index is 2.12. The van der Waals surface area contributed by atoms with Crippen molar-refractivity contribution in [1.29, 1.82) is 0 Å². The van der Waals surface area contributed by atoms with Crippen molar-refractivity contribution in [3.8, 4) is 11.5 Å². The van der Waals surface area contributed by atoms with Crippen molar-refractivity contribution in [2.24, 2.45) is 10.7 Å². The van der Waals surface area contributed by atoms with Gasteiger partial charge in [0.05, 0.1) is 24.2 Å². The SMILES string of the molecule is COc1ccc(NC(N)=NCc2c(F)cccc2OC(F)F)cc1Cl. The first-order valence-corrected chi connectivity index (χ1v) is 7.41. The molecule has 0 aromatic heterocycles. The highest BCUT2D eigenvalue weighted by Crippen LogP contribution is 2.27. The summed E-state index contributed by atoms with van der Waals surface area (Å²) >= 11 is 5.99. The van der Waals surface area contributed by atoms with Crippen LogP contribution in [0.3, 0.4) is 0 Å². The number of alkyl halides is 2. The average molecular weight is 374 g/mol. The molecule has 25 heavy (non-hydrogen) atoms. The van der Waals surface area contributed by atoms with E-state index in [0.717, 1.165) is 6.07 Å². The van der Waals surface area contributed by atoms with Gasteiger partial charge in [-0.15, -0.1) is 0 Å². The number of rotatable bonds is 6. The molecule has 0 atom stereocenters. The van der Waals surface area contributed by atoms with E-state index in [0.29, 0.717) is 16.5 Å². The van der Waals surface area contributed by atoms with Crippen LogP contribution in [-0.2, 0) is 6.54 Å². The summed E-state index contributed by atoms with van der Waals surface area (Å²) in [5, 5.41) is 3.12. The van der Waals surface area contributed by atoms with Crippen molar-refractivity contribution < 1.29 is 22.6 Å². The lowest BCUT2D eigenvalue weighted by atomic mass is 10.2. The minimum atomic E-state index is -3.07. The Kier molecular flexibility index (Phi) is 6.35. The number of hydrogen-bond acceptors (Lipinski definition) is 3. The molecule has 0 saturated heterocycles. The molecule has 0 aliphatic carbocycles. The maximum atomic E-state index is 13.8. The van der Waals surface area contributed by atoms with Crippen LogP contribution in [0.5, 0.6) is 11.5 Å². The number of benzene rings is 2. The highest BCUT2D eigenvalue weighted by atomic mass is 35.5. The van der Waals surface area contributed by atoms with Gasteiger partial charge in [0.2, 0.25) is 0 Å². The standard InChI is InChI=1S/C16H15ClF3N3O2/c1-24-14-6-5-9(7-11(14)17)23-16(21)22-8-10-12(18)3-2-4-13(10)25-15(19)20/h2-7,15H,8H2,1H3,(H3,21,22,23). The quantitative estimate of drug-likeness (QED) is 0.593. The van der Waals surface area contributed by atoms with Crippen LogP contribution in [0.2, 0.25) is 5.02 Å². The molecule has 0 saturated carbocycles. The van der Waals surface area contributed by atoms with Crippen molar-refractivity contribution >= 4 is 23.2 Å². The largest absolute Gasteiger partial charge is 0.495 e. The summed E-state index contributed by atoms with van der Waals surface area (Å²) in [6.07, 6.45) is 0. The van der Waals surface area contributed by atoms with E-state index in [1.807, 2.05) is 0 Å². The molecule has 2 aromatic rings. The third-order valence-electron chi connectivity index (χ3n) is 3.12.